The summed E-state index contributed by atoms with van der Waals surface area (Å²) in [5, 5.41) is 0. The molecular formula is C45H30N2O. The summed E-state index contributed by atoms with van der Waals surface area (Å²) in [4.78, 5) is 10.2. The van der Waals surface area contributed by atoms with Gasteiger partial charge in [-0.25, -0.2) is 9.97 Å². The minimum Gasteiger partial charge on any atom is -0.456 e. The van der Waals surface area contributed by atoms with Gasteiger partial charge in [0.1, 0.15) is 11.5 Å². The van der Waals surface area contributed by atoms with Gasteiger partial charge in [-0.3, -0.25) is 0 Å². The van der Waals surface area contributed by atoms with Crippen LogP contribution in [0.2, 0.25) is 0 Å². The number of fused-ring (bicyclic) bond motifs is 10. The molecule has 3 nitrogen and oxygen atoms in total. The Balaban J connectivity index is 1.20. The van der Waals surface area contributed by atoms with Crippen molar-refractivity contribution in [3.05, 3.63) is 185 Å². The molecule has 6 aromatic carbocycles. The SMILES string of the molecule is C1=Cc2c(nc(-c3ccccc3)nc2-c2cccc(-c3cccc4c3Oc3ccccc3C43c4ccccc4-c4ccccc43)c2)CC1. The summed E-state index contributed by atoms with van der Waals surface area (Å²) in [7, 11) is 0. The summed E-state index contributed by atoms with van der Waals surface area (Å²) in [6, 6.07) is 52.0. The van der Waals surface area contributed by atoms with Crippen molar-refractivity contribution in [2.75, 3.05) is 0 Å². The lowest BCUT2D eigenvalue weighted by atomic mass is 9.65. The lowest BCUT2D eigenvalue weighted by Gasteiger charge is -2.40. The number of allylic oxidation sites excluding steroid dienone is 1. The largest absolute Gasteiger partial charge is 0.456 e. The van der Waals surface area contributed by atoms with Gasteiger partial charge in [-0.2, -0.15) is 0 Å². The monoisotopic (exact) mass is 614 g/mol. The molecular weight excluding hydrogens is 585 g/mol. The molecule has 0 amide bonds. The second-order valence-electron chi connectivity index (χ2n) is 12.8. The molecule has 1 aromatic heterocycles. The van der Waals surface area contributed by atoms with Crippen LogP contribution in [0, 0.1) is 0 Å². The molecule has 226 valence electrons. The molecule has 1 spiro atoms. The first-order valence-electron chi connectivity index (χ1n) is 16.6. The Morgan fingerprint density at radius 1 is 0.521 bits per heavy atom. The molecule has 3 heteroatoms. The average Bonchev–Trinajstić information content (AvgIpc) is 3.45. The highest BCUT2D eigenvalue weighted by Gasteiger charge is 2.51. The quantitative estimate of drug-likeness (QED) is 0.199. The molecule has 48 heavy (non-hydrogen) atoms. The smallest absolute Gasteiger partial charge is 0.160 e. The molecule has 7 aromatic rings. The van der Waals surface area contributed by atoms with Crippen molar-refractivity contribution in [3.8, 4) is 56.4 Å². The lowest BCUT2D eigenvalue weighted by molar-refractivity contribution is 0.438. The van der Waals surface area contributed by atoms with Crippen LogP contribution in [-0.4, -0.2) is 9.97 Å². The molecule has 0 saturated carbocycles. The van der Waals surface area contributed by atoms with Crippen LogP contribution in [0.4, 0.5) is 0 Å². The molecule has 2 heterocycles. The molecule has 1 aliphatic heterocycles. The number of aromatic nitrogens is 2. The Morgan fingerprint density at radius 2 is 1.15 bits per heavy atom. The molecule has 2 aliphatic carbocycles. The highest BCUT2D eigenvalue weighted by Crippen LogP contribution is 2.63. The van der Waals surface area contributed by atoms with E-state index in [1.54, 1.807) is 0 Å². The highest BCUT2D eigenvalue weighted by molar-refractivity contribution is 5.91. The molecule has 0 bridgehead atoms. The van der Waals surface area contributed by atoms with Crippen LogP contribution >= 0.6 is 0 Å². The molecule has 10 rings (SSSR count). The van der Waals surface area contributed by atoms with Gasteiger partial charge >= 0.3 is 0 Å². The maximum Gasteiger partial charge on any atom is 0.160 e. The molecule has 0 N–H and O–H groups in total. The van der Waals surface area contributed by atoms with Crippen molar-refractivity contribution in [1.29, 1.82) is 0 Å². The summed E-state index contributed by atoms with van der Waals surface area (Å²) in [5.74, 6) is 2.56. The number of rotatable bonds is 3. The van der Waals surface area contributed by atoms with Crippen LogP contribution < -0.4 is 4.74 Å². The number of hydrogen-bond donors (Lipinski definition) is 0. The second-order valence-corrected chi connectivity index (χ2v) is 12.8. The Morgan fingerprint density at radius 3 is 1.96 bits per heavy atom. The third kappa shape index (κ3) is 3.82. The minimum atomic E-state index is -0.494. The van der Waals surface area contributed by atoms with Gasteiger partial charge in [0.15, 0.2) is 5.82 Å². The second kappa shape index (κ2) is 10.5. The normalized spacial score (nSPS) is 14.3. The summed E-state index contributed by atoms with van der Waals surface area (Å²) in [6.07, 6.45) is 6.32. The lowest BCUT2D eigenvalue weighted by Crippen LogP contribution is -2.32. The van der Waals surface area contributed by atoms with E-state index in [0.29, 0.717) is 0 Å². The van der Waals surface area contributed by atoms with Crippen LogP contribution in [0.3, 0.4) is 0 Å². The first-order chi connectivity index (χ1) is 23.8. The van der Waals surface area contributed by atoms with Gasteiger partial charge in [0.2, 0.25) is 0 Å². The maximum absolute atomic E-state index is 6.96. The van der Waals surface area contributed by atoms with Gasteiger partial charge in [0.25, 0.3) is 0 Å². The van der Waals surface area contributed by atoms with Crippen LogP contribution in [0.15, 0.2) is 152 Å². The van der Waals surface area contributed by atoms with Crippen molar-refractivity contribution < 1.29 is 4.74 Å². The zero-order valence-electron chi connectivity index (χ0n) is 26.2. The van der Waals surface area contributed by atoms with E-state index in [2.05, 4.69) is 140 Å². The van der Waals surface area contributed by atoms with E-state index in [1.807, 2.05) is 18.2 Å². The third-order valence-electron chi connectivity index (χ3n) is 10.2. The maximum atomic E-state index is 6.96. The summed E-state index contributed by atoms with van der Waals surface area (Å²) >= 11 is 0. The Labute approximate surface area is 279 Å². The number of benzene rings is 6. The van der Waals surface area contributed by atoms with Crippen molar-refractivity contribution in [3.63, 3.8) is 0 Å². The number of ether oxygens (including phenoxy) is 1. The fourth-order valence-electron chi connectivity index (χ4n) is 8.18. The first kappa shape index (κ1) is 27.1. The number of nitrogens with zero attached hydrogens (tertiary/aromatic N) is 2. The molecule has 3 aliphatic rings. The van der Waals surface area contributed by atoms with Gasteiger partial charge in [0, 0.05) is 33.4 Å². The van der Waals surface area contributed by atoms with Gasteiger partial charge in [-0.1, -0.05) is 146 Å². The van der Waals surface area contributed by atoms with Crippen molar-refractivity contribution in [1.82, 2.24) is 9.97 Å². The predicted molar refractivity (Wildman–Crippen MR) is 193 cm³/mol. The van der Waals surface area contributed by atoms with Crippen molar-refractivity contribution in [2.45, 2.75) is 18.3 Å². The number of hydrogen-bond acceptors (Lipinski definition) is 3. The van der Waals surface area contributed by atoms with E-state index in [9.17, 15) is 0 Å². The van der Waals surface area contributed by atoms with Crippen LogP contribution in [0.5, 0.6) is 11.5 Å². The highest BCUT2D eigenvalue weighted by atomic mass is 16.5. The zero-order chi connectivity index (χ0) is 31.7. The fourth-order valence-corrected chi connectivity index (χ4v) is 8.18. The van der Waals surface area contributed by atoms with Crippen molar-refractivity contribution >= 4 is 6.08 Å². The third-order valence-corrected chi connectivity index (χ3v) is 10.2. The number of para-hydroxylation sites is 2. The van der Waals surface area contributed by atoms with E-state index in [0.717, 1.165) is 74.9 Å². The van der Waals surface area contributed by atoms with E-state index in [1.165, 1.54) is 27.8 Å². The molecule has 0 unspecified atom stereocenters. The summed E-state index contributed by atoms with van der Waals surface area (Å²) < 4.78 is 6.96. The van der Waals surface area contributed by atoms with Gasteiger partial charge in [-0.15, -0.1) is 0 Å². The standard InChI is InChI=1S/C45H30N2O/c1-2-14-29(15-3-1)44-46-40-26-10-6-20-35(40)42(47-44)31-17-12-16-30(28-31)32-21-13-25-39-43(32)48-41-27-11-9-24-38(41)45(39)36-22-7-4-18-33(36)34-19-5-8-23-37(34)45/h1-9,11-25,27-28H,10,26H2. The van der Waals surface area contributed by atoms with E-state index in [-0.39, 0.29) is 0 Å². The van der Waals surface area contributed by atoms with E-state index in [4.69, 9.17) is 14.7 Å². The van der Waals surface area contributed by atoms with Gasteiger partial charge in [-0.05, 0) is 52.8 Å². The Hall–Kier alpha value is -6.06. The average molecular weight is 615 g/mol. The van der Waals surface area contributed by atoms with Crippen LogP contribution in [0.1, 0.15) is 39.9 Å². The molecule has 0 radical (unpaired) electrons. The zero-order valence-corrected chi connectivity index (χ0v) is 26.2. The number of aryl methyl sites for hydroxylation is 1. The fraction of sp³-hybridized carbons (Fsp3) is 0.0667. The molecule has 0 saturated heterocycles. The minimum absolute atomic E-state index is 0.494. The van der Waals surface area contributed by atoms with Crippen molar-refractivity contribution in [2.24, 2.45) is 0 Å². The Bertz CT molecular complexity index is 2400. The summed E-state index contributed by atoms with van der Waals surface area (Å²) in [5.41, 5.74) is 14.4. The van der Waals surface area contributed by atoms with E-state index >= 15 is 0 Å². The Kier molecular flexibility index (Phi) is 5.91. The van der Waals surface area contributed by atoms with Crippen LogP contribution in [-0.2, 0) is 11.8 Å². The predicted octanol–water partition coefficient (Wildman–Crippen LogP) is 10.9. The van der Waals surface area contributed by atoms with Gasteiger partial charge in [0.05, 0.1) is 16.8 Å². The first-order valence-corrected chi connectivity index (χ1v) is 16.6. The molecule has 0 atom stereocenters. The van der Waals surface area contributed by atoms with E-state index < -0.39 is 5.41 Å². The van der Waals surface area contributed by atoms with Gasteiger partial charge < -0.3 is 4.74 Å². The van der Waals surface area contributed by atoms with Crippen LogP contribution in [0.25, 0.3) is 51.0 Å². The summed E-state index contributed by atoms with van der Waals surface area (Å²) in [6.45, 7) is 0. The molecule has 0 fully saturated rings. The topological polar surface area (TPSA) is 35.0 Å².